The van der Waals surface area contributed by atoms with Crippen LogP contribution in [0.25, 0.3) is 0 Å². The molecule has 1 fully saturated rings. The van der Waals surface area contributed by atoms with Crippen molar-refractivity contribution in [2.75, 3.05) is 26.4 Å². The van der Waals surface area contributed by atoms with Crippen molar-refractivity contribution in [2.24, 2.45) is 0 Å². The van der Waals surface area contributed by atoms with Gasteiger partial charge in [0.25, 0.3) is 0 Å². The molecule has 0 amide bonds. The summed E-state index contributed by atoms with van der Waals surface area (Å²) in [5, 5.41) is 0. The molecule has 1 atom stereocenters. The van der Waals surface area contributed by atoms with Crippen molar-refractivity contribution in [3.8, 4) is 0 Å². The van der Waals surface area contributed by atoms with E-state index < -0.39 is 10.0 Å². The van der Waals surface area contributed by atoms with Crippen molar-refractivity contribution < 1.29 is 8.42 Å². The van der Waals surface area contributed by atoms with E-state index in [0.717, 1.165) is 19.5 Å². The van der Waals surface area contributed by atoms with Crippen LogP contribution < -0.4 is 4.72 Å². The van der Waals surface area contributed by atoms with Crippen molar-refractivity contribution in [3.05, 3.63) is 0 Å². The van der Waals surface area contributed by atoms with E-state index in [0.29, 0.717) is 0 Å². The highest BCUT2D eigenvalue weighted by atomic mass is 32.2. The quantitative estimate of drug-likeness (QED) is 0.604. The van der Waals surface area contributed by atoms with Gasteiger partial charge >= 0.3 is 0 Å². The summed E-state index contributed by atoms with van der Waals surface area (Å²) in [6, 6.07) is 0.120. The Bertz CT molecular complexity index is 225. The molecular formula is C6H14N2O2S. The van der Waals surface area contributed by atoms with Crippen LogP contribution >= 0.6 is 0 Å². The molecule has 1 saturated heterocycles. The fourth-order valence-electron chi connectivity index (χ4n) is 1.33. The van der Waals surface area contributed by atoms with Crippen LogP contribution in [-0.2, 0) is 10.0 Å². The molecule has 66 valence electrons. The number of likely N-dealkylation sites (tertiary alicyclic amines) is 1. The molecule has 0 aliphatic carbocycles. The van der Waals surface area contributed by atoms with E-state index in [2.05, 4.69) is 9.62 Å². The Morgan fingerprint density at radius 1 is 1.55 bits per heavy atom. The van der Waals surface area contributed by atoms with E-state index in [-0.39, 0.29) is 6.04 Å². The first-order valence-corrected chi connectivity index (χ1v) is 5.52. The van der Waals surface area contributed by atoms with Crippen LogP contribution in [0.3, 0.4) is 0 Å². The van der Waals surface area contributed by atoms with Crippen molar-refractivity contribution in [1.82, 2.24) is 9.62 Å². The standard InChI is InChI=1S/C6H14N2O2S/c1-8-4-3-6(5-8)7-11(2,9)10/h6-7H,3-5H2,1-2H3/t6-/m1/s1. The fraction of sp³-hybridized carbons (Fsp3) is 1.00. The molecule has 5 heteroatoms. The van der Waals surface area contributed by atoms with Gasteiger partial charge in [0.2, 0.25) is 10.0 Å². The number of likely N-dealkylation sites (N-methyl/N-ethyl adjacent to an activating group) is 1. The van der Waals surface area contributed by atoms with Crippen LogP contribution in [0, 0.1) is 0 Å². The predicted molar refractivity (Wildman–Crippen MR) is 43.9 cm³/mol. The van der Waals surface area contributed by atoms with Crippen LogP contribution in [0.1, 0.15) is 6.42 Å². The minimum absolute atomic E-state index is 0.120. The summed E-state index contributed by atoms with van der Waals surface area (Å²) in [4.78, 5) is 2.11. The van der Waals surface area contributed by atoms with Gasteiger partial charge in [-0.1, -0.05) is 0 Å². The van der Waals surface area contributed by atoms with Crippen LogP contribution in [-0.4, -0.2) is 45.8 Å². The molecule has 0 aromatic carbocycles. The van der Waals surface area contributed by atoms with Crippen LogP contribution in [0.5, 0.6) is 0 Å². The molecule has 11 heavy (non-hydrogen) atoms. The third-order valence-corrected chi connectivity index (χ3v) is 2.53. The second-order valence-corrected chi connectivity index (χ2v) is 4.92. The first-order valence-electron chi connectivity index (χ1n) is 3.63. The largest absolute Gasteiger partial charge is 0.305 e. The SMILES string of the molecule is CN1CC[C@@H](NS(C)(=O)=O)C1. The number of rotatable bonds is 2. The highest BCUT2D eigenvalue weighted by molar-refractivity contribution is 7.88. The van der Waals surface area contributed by atoms with Gasteiger partial charge in [0.15, 0.2) is 0 Å². The van der Waals surface area contributed by atoms with Gasteiger partial charge in [-0.15, -0.1) is 0 Å². The summed E-state index contributed by atoms with van der Waals surface area (Å²) in [5.41, 5.74) is 0. The smallest absolute Gasteiger partial charge is 0.208 e. The minimum atomic E-state index is -3.01. The van der Waals surface area contributed by atoms with E-state index in [1.807, 2.05) is 7.05 Å². The summed E-state index contributed by atoms with van der Waals surface area (Å²) in [6.07, 6.45) is 2.12. The van der Waals surface area contributed by atoms with E-state index >= 15 is 0 Å². The lowest BCUT2D eigenvalue weighted by Gasteiger charge is -2.10. The lowest BCUT2D eigenvalue weighted by atomic mass is 10.3. The molecule has 0 saturated carbocycles. The molecule has 1 aliphatic heterocycles. The Morgan fingerprint density at radius 2 is 2.18 bits per heavy atom. The van der Waals surface area contributed by atoms with Gasteiger partial charge in [-0.25, -0.2) is 13.1 Å². The third-order valence-electron chi connectivity index (χ3n) is 1.77. The number of sulfonamides is 1. The first kappa shape index (κ1) is 8.96. The minimum Gasteiger partial charge on any atom is -0.305 e. The molecule has 0 unspecified atom stereocenters. The van der Waals surface area contributed by atoms with Crippen molar-refractivity contribution >= 4 is 10.0 Å². The monoisotopic (exact) mass is 178 g/mol. The van der Waals surface area contributed by atoms with Gasteiger partial charge in [-0.2, -0.15) is 0 Å². The maximum absolute atomic E-state index is 10.8. The summed E-state index contributed by atoms with van der Waals surface area (Å²) >= 11 is 0. The third kappa shape index (κ3) is 3.18. The molecule has 0 aromatic heterocycles. The Hall–Kier alpha value is -0.130. The summed E-state index contributed by atoms with van der Waals surface area (Å²) in [7, 11) is -1.02. The molecule has 0 radical (unpaired) electrons. The lowest BCUT2D eigenvalue weighted by Crippen LogP contribution is -2.35. The second-order valence-electron chi connectivity index (χ2n) is 3.14. The zero-order valence-corrected chi connectivity index (χ0v) is 7.69. The topological polar surface area (TPSA) is 49.4 Å². The van der Waals surface area contributed by atoms with Gasteiger partial charge in [0.05, 0.1) is 6.26 Å². The van der Waals surface area contributed by atoms with Crippen LogP contribution in [0.2, 0.25) is 0 Å². The number of nitrogens with one attached hydrogen (secondary N) is 1. The summed E-state index contributed by atoms with van der Waals surface area (Å²) in [6.45, 7) is 1.81. The average molecular weight is 178 g/mol. The fourth-order valence-corrected chi connectivity index (χ4v) is 2.13. The summed E-state index contributed by atoms with van der Waals surface area (Å²) in [5.74, 6) is 0. The number of nitrogens with zero attached hydrogens (tertiary/aromatic N) is 1. The molecule has 1 heterocycles. The molecule has 4 nitrogen and oxygen atoms in total. The van der Waals surface area contributed by atoms with Crippen molar-refractivity contribution in [2.45, 2.75) is 12.5 Å². The van der Waals surface area contributed by atoms with E-state index in [9.17, 15) is 8.42 Å². The molecule has 0 spiro atoms. The Morgan fingerprint density at radius 3 is 2.55 bits per heavy atom. The average Bonchev–Trinajstić information content (AvgIpc) is 2.10. The van der Waals surface area contributed by atoms with Gasteiger partial charge in [0.1, 0.15) is 0 Å². The number of hydrogen-bond acceptors (Lipinski definition) is 3. The normalized spacial score (nSPS) is 27.6. The molecule has 1 aliphatic rings. The van der Waals surface area contributed by atoms with Crippen LogP contribution in [0.15, 0.2) is 0 Å². The lowest BCUT2D eigenvalue weighted by molar-refractivity contribution is 0.407. The van der Waals surface area contributed by atoms with Crippen LogP contribution in [0.4, 0.5) is 0 Å². The van der Waals surface area contributed by atoms with Crippen molar-refractivity contribution in [1.29, 1.82) is 0 Å². The van der Waals surface area contributed by atoms with E-state index in [1.54, 1.807) is 0 Å². The van der Waals surface area contributed by atoms with E-state index in [1.165, 1.54) is 6.26 Å². The molecule has 1 N–H and O–H groups in total. The highest BCUT2D eigenvalue weighted by Gasteiger charge is 2.21. The van der Waals surface area contributed by atoms with E-state index in [4.69, 9.17) is 0 Å². The number of hydrogen-bond donors (Lipinski definition) is 1. The second kappa shape index (κ2) is 3.08. The van der Waals surface area contributed by atoms with Gasteiger partial charge in [-0.05, 0) is 20.0 Å². The molecule has 0 aromatic rings. The first-order chi connectivity index (χ1) is 4.97. The predicted octanol–water partition coefficient (Wildman–Crippen LogP) is -0.760. The summed E-state index contributed by atoms with van der Waals surface area (Å²) < 4.78 is 24.1. The molecular weight excluding hydrogens is 164 g/mol. The molecule has 0 bridgehead atoms. The molecule has 1 rings (SSSR count). The Kier molecular flexibility index (Phi) is 2.51. The van der Waals surface area contributed by atoms with Gasteiger partial charge in [0, 0.05) is 12.6 Å². The highest BCUT2D eigenvalue weighted by Crippen LogP contribution is 2.06. The van der Waals surface area contributed by atoms with Crippen molar-refractivity contribution in [3.63, 3.8) is 0 Å². The maximum atomic E-state index is 10.8. The maximum Gasteiger partial charge on any atom is 0.208 e. The zero-order chi connectivity index (χ0) is 8.48. The Labute approximate surface area is 67.6 Å². The van der Waals surface area contributed by atoms with Gasteiger partial charge < -0.3 is 4.90 Å². The van der Waals surface area contributed by atoms with Gasteiger partial charge in [-0.3, -0.25) is 0 Å². The Balaban J connectivity index is 2.41. The zero-order valence-electron chi connectivity index (χ0n) is 6.87.